The Balaban J connectivity index is 0.836. The van der Waals surface area contributed by atoms with Crippen molar-refractivity contribution in [2.75, 3.05) is 30.1 Å². The Labute approximate surface area is 409 Å². The number of hydrogen-bond acceptors (Lipinski definition) is 20. The van der Waals surface area contributed by atoms with E-state index >= 15 is 0 Å². The smallest absolute Gasteiger partial charge is 0.411 e. The zero-order chi connectivity index (χ0) is 51.3. The van der Waals surface area contributed by atoms with E-state index in [-0.39, 0.29) is 83.8 Å². The third kappa shape index (κ3) is 11.5. The molecule has 2 aromatic heterocycles. The van der Waals surface area contributed by atoms with Gasteiger partial charge < -0.3 is 57.7 Å². The molecule has 4 aromatic rings. The van der Waals surface area contributed by atoms with Gasteiger partial charge in [0.25, 0.3) is 11.5 Å². The van der Waals surface area contributed by atoms with Crippen molar-refractivity contribution >= 4 is 91.9 Å². The average Bonchev–Trinajstić information content (AvgIpc) is 3.85. The van der Waals surface area contributed by atoms with Crippen molar-refractivity contribution in [3.8, 4) is 0 Å². The zero-order valence-corrected chi connectivity index (χ0v) is 39.3. The number of ketones is 2. The topological polar surface area (TPSA) is 388 Å². The fourth-order valence-electron chi connectivity index (χ4n) is 8.07. The third-order valence-electron chi connectivity index (χ3n) is 11.7. The summed E-state index contributed by atoms with van der Waals surface area (Å²) in [5.41, 5.74) is 18.1. The predicted octanol–water partition coefficient (Wildman–Crippen LogP) is 1.21. The first kappa shape index (κ1) is 50.7. The van der Waals surface area contributed by atoms with E-state index in [9.17, 15) is 53.4 Å². The number of Topliss-reactive ketones (excluding diaryl/α,β-unsaturated/α-hetero) is 2. The molecule has 7 rings (SSSR count). The number of fused-ring (bicyclic) bond motifs is 3. The van der Waals surface area contributed by atoms with E-state index in [0.29, 0.717) is 21.8 Å². The molecule has 0 spiro atoms. The van der Waals surface area contributed by atoms with E-state index in [2.05, 4.69) is 35.9 Å². The highest BCUT2D eigenvalue weighted by atomic mass is 33.1. The van der Waals surface area contributed by atoms with Crippen LogP contribution in [-0.2, 0) is 46.6 Å². The Morgan fingerprint density at radius 1 is 0.930 bits per heavy atom. The first-order valence-corrected chi connectivity index (χ1v) is 23.8. The molecule has 2 aliphatic heterocycles. The standard InChI is InChI=1S/C44H46N12O13S2/c1-19-31(45)36(59)30-26(16-68-43(47)66)33-20(2)55(18-56(33)34(30)35(19)58)44(67)69-15-21-3-9-25(10-4-21)71-70-17-28(41(64)65)51-29(57)12-11-27(40(62)63)52-38(60)22-5-7-23(8-6-22)48-13-24-14-49-37-32(50-24)39(61)54-42(46)53-37/h3-10,14,20,26-28,33,48H,11-13,15-18,45H2,1-2H3,(H2,47,66)(H,51,57)(H,52,60)(H,62,63)(H,64,65)(H3,46,49,53,54,61)/t20-,26+,27-,28-,33?/m0/s1. The van der Waals surface area contributed by atoms with Crippen LogP contribution < -0.4 is 38.7 Å². The summed E-state index contributed by atoms with van der Waals surface area (Å²) in [6.45, 7) is 2.81. The molecule has 71 heavy (non-hydrogen) atoms. The molecule has 1 saturated heterocycles. The number of aromatic amines is 1. The summed E-state index contributed by atoms with van der Waals surface area (Å²) in [5.74, 6) is -6.13. The molecule has 372 valence electrons. The summed E-state index contributed by atoms with van der Waals surface area (Å²) in [5, 5.41) is 27.4. The molecule has 0 bridgehead atoms. The second kappa shape index (κ2) is 21.6. The number of carbonyl (C=O) groups excluding carboxylic acids is 6. The molecule has 5 atom stereocenters. The number of rotatable bonds is 19. The molecule has 27 heteroatoms. The van der Waals surface area contributed by atoms with Crippen LogP contribution in [0.5, 0.6) is 0 Å². The van der Waals surface area contributed by atoms with Gasteiger partial charge >= 0.3 is 24.1 Å². The van der Waals surface area contributed by atoms with Gasteiger partial charge in [-0.2, -0.15) is 4.98 Å². The van der Waals surface area contributed by atoms with Gasteiger partial charge in [-0.25, -0.2) is 29.1 Å². The lowest BCUT2D eigenvalue weighted by atomic mass is 9.84. The lowest BCUT2D eigenvalue weighted by Crippen LogP contribution is -2.44. The van der Waals surface area contributed by atoms with E-state index in [4.69, 9.17) is 26.7 Å². The van der Waals surface area contributed by atoms with Gasteiger partial charge in [0.2, 0.25) is 23.4 Å². The molecule has 2 aromatic carbocycles. The molecule has 4 amide bonds. The number of benzene rings is 2. The Bertz CT molecular complexity index is 2950. The Morgan fingerprint density at radius 2 is 1.63 bits per heavy atom. The van der Waals surface area contributed by atoms with E-state index in [0.717, 1.165) is 10.8 Å². The van der Waals surface area contributed by atoms with Crippen molar-refractivity contribution < 1.29 is 58.0 Å². The molecule has 1 fully saturated rings. The van der Waals surface area contributed by atoms with Crippen LogP contribution in [0.4, 0.5) is 21.2 Å². The second-order valence-corrected chi connectivity index (χ2v) is 18.8. The van der Waals surface area contributed by atoms with Gasteiger partial charge in [-0.3, -0.25) is 33.9 Å². The third-order valence-corrected chi connectivity index (χ3v) is 14.1. The zero-order valence-electron chi connectivity index (χ0n) is 37.7. The Kier molecular flexibility index (Phi) is 15.4. The van der Waals surface area contributed by atoms with Gasteiger partial charge in [0.05, 0.1) is 48.6 Å². The summed E-state index contributed by atoms with van der Waals surface area (Å²) >= 11 is 0. The van der Waals surface area contributed by atoms with Crippen LogP contribution in [0, 0.1) is 5.92 Å². The van der Waals surface area contributed by atoms with Crippen molar-refractivity contribution in [2.45, 2.75) is 68.9 Å². The van der Waals surface area contributed by atoms with E-state index in [1.54, 1.807) is 48.2 Å². The van der Waals surface area contributed by atoms with Crippen LogP contribution >= 0.6 is 21.6 Å². The number of carboxylic acid groups (broad SMARTS) is 2. The molecule has 1 aliphatic carbocycles. The molecule has 0 radical (unpaired) electrons. The summed E-state index contributed by atoms with van der Waals surface area (Å²) < 4.78 is 10.7. The molecular weight excluding hydrogens is 969 g/mol. The molecule has 12 N–H and O–H groups in total. The Morgan fingerprint density at radius 3 is 2.31 bits per heavy atom. The van der Waals surface area contributed by atoms with Gasteiger partial charge in [-0.1, -0.05) is 33.7 Å². The van der Waals surface area contributed by atoms with Crippen LogP contribution in [0.15, 0.2) is 87.0 Å². The maximum Gasteiger partial charge on any atom is 0.411 e. The lowest BCUT2D eigenvalue weighted by Gasteiger charge is -2.27. The first-order chi connectivity index (χ1) is 33.8. The predicted molar refractivity (Wildman–Crippen MR) is 254 cm³/mol. The van der Waals surface area contributed by atoms with Crippen molar-refractivity contribution in [3.05, 3.63) is 104 Å². The van der Waals surface area contributed by atoms with Crippen LogP contribution in [0.2, 0.25) is 0 Å². The largest absolute Gasteiger partial charge is 0.480 e. The molecule has 0 saturated carbocycles. The van der Waals surface area contributed by atoms with Crippen molar-refractivity contribution in [1.82, 2.24) is 40.4 Å². The number of aromatic nitrogens is 4. The van der Waals surface area contributed by atoms with Gasteiger partial charge in [-0.05, 0) is 62.2 Å². The number of H-pyrrole nitrogens is 1. The highest BCUT2D eigenvalue weighted by Gasteiger charge is 2.56. The van der Waals surface area contributed by atoms with E-state index in [1.807, 2.05) is 0 Å². The molecule has 25 nitrogen and oxygen atoms in total. The number of nitrogens with zero attached hydrogens (tertiary/aromatic N) is 5. The normalized spacial score (nSPS) is 18.1. The highest BCUT2D eigenvalue weighted by molar-refractivity contribution is 8.76. The van der Waals surface area contributed by atoms with Crippen LogP contribution in [0.25, 0.3) is 11.2 Å². The number of hydrogen-bond donors (Lipinski definition) is 9. The van der Waals surface area contributed by atoms with E-state index in [1.165, 1.54) is 40.9 Å². The SMILES string of the molecule is CC1=C(N)C(=O)C2=C(C1=O)N1CN(C(=O)OCc3ccc(SSC[C@H](NC(=O)CC[C@H](NC(=O)c4ccc(NCc5cnc6nc(N)[nH]c(=O)c6n5)cc4)C(=O)O)C(=O)O)cc3)[C@@H](C)C1[C@@H]2COC(N)=O. The van der Waals surface area contributed by atoms with Gasteiger partial charge in [0.15, 0.2) is 11.2 Å². The number of carbonyl (C=O) groups is 8. The second-order valence-electron chi connectivity index (χ2n) is 16.4. The van der Waals surface area contributed by atoms with Crippen molar-refractivity contribution in [2.24, 2.45) is 17.4 Å². The number of nitrogen functional groups attached to an aromatic ring is 1. The van der Waals surface area contributed by atoms with Gasteiger partial charge in [0, 0.05) is 45.4 Å². The minimum atomic E-state index is -1.47. The number of allylic oxidation sites excluding steroid dienone is 2. The minimum absolute atomic E-state index is 0.0133. The molecule has 4 heterocycles. The number of amides is 4. The number of anilines is 2. The van der Waals surface area contributed by atoms with E-state index < -0.39 is 89.6 Å². The minimum Gasteiger partial charge on any atom is -0.480 e. The number of carboxylic acids is 2. The summed E-state index contributed by atoms with van der Waals surface area (Å²) in [4.78, 5) is 132. The fraction of sp³-hybridized carbons (Fsp3) is 0.318. The number of primary amides is 1. The van der Waals surface area contributed by atoms with Gasteiger partial charge in [-0.15, -0.1) is 0 Å². The highest BCUT2D eigenvalue weighted by Crippen LogP contribution is 2.45. The van der Waals surface area contributed by atoms with Crippen molar-refractivity contribution in [1.29, 1.82) is 0 Å². The summed E-state index contributed by atoms with van der Waals surface area (Å²) in [6, 6.07) is 8.89. The first-order valence-electron chi connectivity index (χ1n) is 21.5. The molecular formula is C44H46N12O13S2. The van der Waals surface area contributed by atoms with Gasteiger partial charge in [0.1, 0.15) is 25.3 Å². The number of aliphatic carboxylic acids is 2. The fourth-order valence-corrected chi connectivity index (χ4v) is 10.2. The summed E-state index contributed by atoms with van der Waals surface area (Å²) in [6.07, 6.45) is -1.08. The maximum atomic E-state index is 13.4. The summed E-state index contributed by atoms with van der Waals surface area (Å²) in [7, 11) is 2.36. The quantitative estimate of drug-likeness (QED) is 0.0471. The number of nitrogens with one attached hydrogen (secondary N) is 4. The number of ether oxygens (including phenoxy) is 2. The maximum absolute atomic E-state index is 13.4. The molecule has 3 aliphatic rings. The monoisotopic (exact) mass is 1010 g/mol. The lowest BCUT2D eigenvalue weighted by molar-refractivity contribution is -0.142. The van der Waals surface area contributed by atoms with Crippen LogP contribution in [-0.4, -0.2) is 131 Å². The van der Waals surface area contributed by atoms with Crippen LogP contribution in [0.3, 0.4) is 0 Å². The van der Waals surface area contributed by atoms with Crippen molar-refractivity contribution in [3.63, 3.8) is 0 Å². The van der Waals surface area contributed by atoms with Crippen LogP contribution in [0.1, 0.15) is 48.3 Å². The Hall–Kier alpha value is -8.20. The average molecular weight is 1020 g/mol. The molecule has 1 unspecified atom stereocenters. The number of nitrogens with two attached hydrogens (primary N) is 3.